The fourth-order valence-corrected chi connectivity index (χ4v) is 2.55. The highest BCUT2D eigenvalue weighted by Gasteiger charge is 2.16. The summed E-state index contributed by atoms with van der Waals surface area (Å²) in [5.74, 6) is 1.12. The molecular weight excluding hydrogens is 230 g/mol. The van der Waals surface area contributed by atoms with Crippen LogP contribution in [-0.2, 0) is 6.54 Å². The van der Waals surface area contributed by atoms with Crippen molar-refractivity contribution < 1.29 is 0 Å². The van der Waals surface area contributed by atoms with Gasteiger partial charge in [0.25, 0.3) is 0 Å². The first-order valence-electron chi connectivity index (χ1n) is 6.38. The van der Waals surface area contributed by atoms with Crippen LogP contribution in [0.4, 0.5) is 0 Å². The molecule has 1 aromatic rings. The van der Waals surface area contributed by atoms with Crippen LogP contribution in [-0.4, -0.2) is 28.3 Å². The van der Waals surface area contributed by atoms with Gasteiger partial charge in [0, 0.05) is 23.1 Å². The third kappa shape index (κ3) is 3.75. The van der Waals surface area contributed by atoms with Gasteiger partial charge in [0.2, 0.25) is 0 Å². The van der Waals surface area contributed by atoms with Crippen LogP contribution in [0.3, 0.4) is 0 Å². The van der Waals surface area contributed by atoms with Crippen molar-refractivity contribution in [3.8, 4) is 0 Å². The average Bonchev–Trinajstić information content (AvgIpc) is 2.59. The normalized spacial score (nSPS) is 13.0. The van der Waals surface area contributed by atoms with Gasteiger partial charge in [0.1, 0.15) is 0 Å². The Bertz CT molecular complexity index is 347. The molecule has 0 bridgehead atoms. The van der Waals surface area contributed by atoms with Gasteiger partial charge in [0.05, 0.1) is 12.2 Å². The van der Waals surface area contributed by atoms with E-state index in [0.29, 0.717) is 6.04 Å². The third-order valence-corrected chi connectivity index (χ3v) is 3.67. The minimum Gasteiger partial charge on any atom is -0.310 e. The van der Waals surface area contributed by atoms with Gasteiger partial charge in [-0.3, -0.25) is 4.68 Å². The van der Waals surface area contributed by atoms with Gasteiger partial charge < -0.3 is 5.32 Å². The second kappa shape index (κ2) is 7.07. The lowest BCUT2D eigenvalue weighted by atomic mass is 10.1. The van der Waals surface area contributed by atoms with E-state index in [-0.39, 0.29) is 0 Å². The molecule has 0 saturated heterocycles. The van der Waals surface area contributed by atoms with Crippen molar-refractivity contribution in [2.24, 2.45) is 0 Å². The lowest BCUT2D eigenvalue weighted by molar-refractivity contribution is 0.563. The maximum Gasteiger partial charge on any atom is 0.0644 e. The zero-order chi connectivity index (χ0) is 12.8. The van der Waals surface area contributed by atoms with Gasteiger partial charge in [-0.15, -0.1) is 0 Å². The number of aryl methyl sites for hydroxylation is 2. The van der Waals surface area contributed by atoms with Gasteiger partial charge in [-0.25, -0.2) is 0 Å². The van der Waals surface area contributed by atoms with Crippen molar-refractivity contribution in [3.63, 3.8) is 0 Å². The van der Waals surface area contributed by atoms with Gasteiger partial charge >= 0.3 is 0 Å². The number of hydrogen-bond donors (Lipinski definition) is 1. The molecule has 0 fully saturated rings. The molecule has 1 heterocycles. The van der Waals surface area contributed by atoms with Crippen molar-refractivity contribution in [2.45, 2.75) is 46.7 Å². The van der Waals surface area contributed by atoms with Crippen LogP contribution < -0.4 is 5.32 Å². The molecule has 4 heteroatoms. The van der Waals surface area contributed by atoms with Crippen molar-refractivity contribution in [3.05, 3.63) is 17.0 Å². The number of hydrogen-bond acceptors (Lipinski definition) is 3. The predicted octanol–water partition coefficient (Wildman–Crippen LogP) is 2.92. The van der Waals surface area contributed by atoms with Crippen molar-refractivity contribution >= 4 is 11.8 Å². The molecule has 1 unspecified atom stereocenters. The molecule has 0 spiro atoms. The largest absolute Gasteiger partial charge is 0.310 e. The quantitative estimate of drug-likeness (QED) is 0.812. The summed E-state index contributed by atoms with van der Waals surface area (Å²) in [6.45, 7) is 10.8. The molecule has 0 saturated carbocycles. The van der Waals surface area contributed by atoms with Crippen LogP contribution in [0.15, 0.2) is 0 Å². The highest BCUT2D eigenvalue weighted by molar-refractivity contribution is 7.98. The zero-order valence-electron chi connectivity index (χ0n) is 11.7. The maximum absolute atomic E-state index is 4.64. The van der Waals surface area contributed by atoms with Crippen LogP contribution in [0.25, 0.3) is 0 Å². The Kier molecular flexibility index (Phi) is 6.06. The minimum absolute atomic E-state index is 0.401. The highest BCUT2D eigenvalue weighted by Crippen LogP contribution is 2.21. The molecule has 1 N–H and O–H groups in total. The standard InChI is InChI=1S/C13H25N3S/c1-6-7-14-10(2)13-11(3)15-16(12(13)4)8-9-17-5/h10,14H,6-9H2,1-5H3. The Morgan fingerprint density at radius 3 is 2.71 bits per heavy atom. The van der Waals surface area contributed by atoms with Crippen LogP contribution >= 0.6 is 11.8 Å². The van der Waals surface area contributed by atoms with Gasteiger partial charge in [-0.05, 0) is 40.0 Å². The summed E-state index contributed by atoms with van der Waals surface area (Å²) in [6, 6.07) is 0.401. The first-order valence-corrected chi connectivity index (χ1v) is 7.77. The second-order valence-electron chi connectivity index (χ2n) is 4.48. The Morgan fingerprint density at radius 2 is 2.12 bits per heavy atom. The molecule has 0 aromatic carbocycles. The molecule has 0 amide bonds. The van der Waals surface area contributed by atoms with Crippen LogP contribution in [0.2, 0.25) is 0 Å². The highest BCUT2D eigenvalue weighted by atomic mass is 32.2. The number of thioether (sulfide) groups is 1. The minimum atomic E-state index is 0.401. The van der Waals surface area contributed by atoms with E-state index >= 15 is 0 Å². The summed E-state index contributed by atoms with van der Waals surface area (Å²) < 4.78 is 2.14. The number of nitrogens with zero attached hydrogens (tertiary/aromatic N) is 2. The molecule has 3 nitrogen and oxygen atoms in total. The number of nitrogens with one attached hydrogen (secondary N) is 1. The topological polar surface area (TPSA) is 29.9 Å². The summed E-state index contributed by atoms with van der Waals surface area (Å²) in [7, 11) is 0. The van der Waals surface area contributed by atoms with Crippen LogP contribution in [0, 0.1) is 13.8 Å². The molecule has 1 aromatic heterocycles. The summed E-state index contributed by atoms with van der Waals surface area (Å²) >= 11 is 1.87. The third-order valence-electron chi connectivity index (χ3n) is 3.08. The van der Waals surface area contributed by atoms with E-state index < -0.39 is 0 Å². The Balaban J connectivity index is 2.80. The molecule has 1 rings (SSSR count). The lowest BCUT2D eigenvalue weighted by Gasteiger charge is -2.14. The average molecular weight is 255 g/mol. The number of rotatable bonds is 7. The van der Waals surface area contributed by atoms with Crippen molar-refractivity contribution in [1.82, 2.24) is 15.1 Å². The molecule has 0 aliphatic rings. The fraction of sp³-hybridized carbons (Fsp3) is 0.769. The van der Waals surface area contributed by atoms with Crippen molar-refractivity contribution in [2.75, 3.05) is 18.6 Å². The monoisotopic (exact) mass is 255 g/mol. The number of aromatic nitrogens is 2. The van der Waals surface area contributed by atoms with E-state index in [1.54, 1.807) is 0 Å². The smallest absolute Gasteiger partial charge is 0.0644 e. The fourth-order valence-electron chi connectivity index (χ4n) is 2.20. The van der Waals surface area contributed by atoms with E-state index in [2.05, 4.69) is 49.0 Å². The Hall–Kier alpha value is -0.480. The van der Waals surface area contributed by atoms with Gasteiger partial charge in [-0.1, -0.05) is 6.92 Å². The first-order chi connectivity index (χ1) is 8.11. The van der Waals surface area contributed by atoms with Crippen molar-refractivity contribution in [1.29, 1.82) is 0 Å². The van der Waals surface area contributed by atoms with E-state index in [0.717, 1.165) is 18.8 Å². The predicted molar refractivity (Wildman–Crippen MR) is 76.8 cm³/mol. The molecule has 0 aliphatic heterocycles. The van der Waals surface area contributed by atoms with Gasteiger partial charge in [-0.2, -0.15) is 16.9 Å². The molecule has 17 heavy (non-hydrogen) atoms. The van der Waals surface area contributed by atoms with E-state index in [9.17, 15) is 0 Å². The second-order valence-corrected chi connectivity index (χ2v) is 5.46. The Labute approximate surface area is 109 Å². The van der Waals surface area contributed by atoms with E-state index in [1.165, 1.54) is 23.4 Å². The summed E-state index contributed by atoms with van der Waals surface area (Å²) in [5.41, 5.74) is 3.85. The Morgan fingerprint density at radius 1 is 1.41 bits per heavy atom. The van der Waals surface area contributed by atoms with E-state index in [1.807, 2.05) is 11.8 Å². The summed E-state index contributed by atoms with van der Waals surface area (Å²) in [4.78, 5) is 0. The summed E-state index contributed by atoms with van der Waals surface area (Å²) in [6.07, 6.45) is 3.31. The molecule has 1 atom stereocenters. The summed E-state index contributed by atoms with van der Waals surface area (Å²) in [5, 5.41) is 8.18. The molecule has 0 radical (unpaired) electrons. The van der Waals surface area contributed by atoms with Crippen LogP contribution in [0.5, 0.6) is 0 Å². The first kappa shape index (κ1) is 14.6. The zero-order valence-corrected chi connectivity index (χ0v) is 12.5. The maximum atomic E-state index is 4.64. The van der Waals surface area contributed by atoms with E-state index in [4.69, 9.17) is 0 Å². The van der Waals surface area contributed by atoms with Gasteiger partial charge in [0.15, 0.2) is 0 Å². The lowest BCUT2D eigenvalue weighted by Crippen LogP contribution is -2.20. The van der Waals surface area contributed by atoms with Crippen LogP contribution in [0.1, 0.15) is 43.3 Å². The molecule has 98 valence electrons. The molecule has 0 aliphatic carbocycles. The molecular formula is C13H25N3S. The SMILES string of the molecule is CCCNC(C)c1c(C)nn(CCSC)c1C.